The monoisotopic (exact) mass is 337 g/mol. The molecule has 4 rings (SSSR count). The topological polar surface area (TPSA) is 38.7 Å². The van der Waals surface area contributed by atoms with Crippen LogP contribution in [-0.4, -0.2) is 15.2 Å². The van der Waals surface area contributed by atoms with Crippen LogP contribution in [0.15, 0.2) is 54.7 Å². The molecule has 0 fully saturated rings. The maximum Gasteiger partial charge on any atom is 0.159 e. The van der Waals surface area contributed by atoms with E-state index in [1.165, 1.54) is 5.56 Å². The van der Waals surface area contributed by atoms with Crippen molar-refractivity contribution in [3.05, 3.63) is 65.4 Å². The zero-order valence-corrected chi connectivity index (χ0v) is 13.9. The van der Waals surface area contributed by atoms with Gasteiger partial charge in [0.1, 0.15) is 5.69 Å². The highest BCUT2D eigenvalue weighted by molar-refractivity contribution is 7.18. The molecule has 0 atom stereocenters. The number of benzene rings is 1. The third-order valence-electron chi connectivity index (χ3n) is 3.65. The molecule has 23 heavy (non-hydrogen) atoms. The Morgan fingerprint density at radius 3 is 2.52 bits per heavy atom. The highest BCUT2D eigenvalue weighted by atomic mass is 35.5. The van der Waals surface area contributed by atoms with Crippen molar-refractivity contribution in [1.82, 2.24) is 15.2 Å². The largest absolute Gasteiger partial charge is 0.255 e. The van der Waals surface area contributed by atoms with E-state index in [4.69, 9.17) is 11.6 Å². The first-order valence-electron chi connectivity index (χ1n) is 7.16. The lowest BCUT2D eigenvalue weighted by Gasteiger charge is -2.03. The highest BCUT2D eigenvalue weighted by Crippen LogP contribution is 2.36. The van der Waals surface area contributed by atoms with Gasteiger partial charge in [0.15, 0.2) is 5.15 Å². The normalized spacial score (nSPS) is 11.0. The molecule has 1 aromatic carbocycles. The molecule has 0 bridgehead atoms. The van der Waals surface area contributed by atoms with E-state index >= 15 is 0 Å². The number of rotatable bonds is 2. The van der Waals surface area contributed by atoms with Gasteiger partial charge in [0, 0.05) is 17.0 Å². The molecule has 0 spiro atoms. The third kappa shape index (κ3) is 2.60. The molecule has 0 N–H and O–H groups in total. The van der Waals surface area contributed by atoms with Gasteiger partial charge in [-0.2, -0.15) is 0 Å². The summed E-state index contributed by atoms with van der Waals surface area (Å²) in [6.45, 7) is 2.07. The number of halogens is 1. The summed E-state index contributed by atoms with van der Waals surface area (Å²) < 4.78 is 0. The van der Waals surface area contributed by atoms with Crippen LogP contribution < -0.4 is 0 Å². The standard InChI is InChI=1S/C18H12ClN3S/c1-11-8-9-20-14(10-11)15-6-7-16(23-15)17-12-4-2-3-5-13(12)18(19)22-21-17/h2-10H,1H3. The van der Waals surface area contributed by atoms with Crippen LogP contribution in [0.5, 0.6) is 0 Å². The number of thiophene rings is 1. The predicted octanol–water partition coefficient (Wildman–Crippen LogP) is 5.38. The van der Waals surface area contributed by atoms with Gasteiger partial charge in [-0.15, -0.1) is 21.5 Å². The number of nitrogens with zero attached hydrogens (tertiary/aromatic N) is 3. The molecule has 0 amide bonds. The molecular formula is C18H12ClN3S. The zero-order chi connectivity index (χ0) is 15.8. The Balaban J connectivity index is 1.85. The van der Waals surface area contributed by atoms with Crippen LogP contribution in [-0.2, 0) is 0 Å². The smallest absolute Gasteiger partial charge is 0.159 e. The first kappa shape index (κ1) is 14.3. The minimum Gasteiger partial charge on any atom is -0.255 e. The van der Waals surface area contributed by atoms with E-state index in [0.717, 1.165) is 31.9 Å². The first-order valence-corrected chi connectivity index (χ1v) is 8.36. The van der Waals surface area contributed by atoms with E-state index < -0.39 is 0 Å². The second kappa shape index (κ2) is 5.72. The van der Waals surface area contributed by atoms with Gasteiger partial charge in [0.05, 0.1) is 15.4 Å². The number of aryl methyl sites for hydroxylation is 1. The van der Waals surface area contributed by atoms with Crippen LogP contribution in [0.3, 0.4) is 0 Å². The van der Waals surface area contributed by atoms with E-state index in [9.17, 15) is 0 Å². The fourth-order valence-electron chi connectivity index (χ4n) is 2.53. The molecule has 3 heterocycles. The van der Waals surface area contributed by atoms with Crippen molar-refractivity contribution in [2.24, 2.45) is 0 Å². The van der Waals surface area contributed by atoms with Crippen molar-refractivity contribution in [2.75, 3.05) is 0 Å². The Morgan fingerprint density at radius 1 is 0.913 bits per heavy atom. The Hall–Kier alpha value is -2.30. The Labute approximate surface area is 142 Å². The number of pyridine rings is 1. The van der Waals surface area contributed by atoms with E-state index in [0.29, 0.717) is 5.15 Å². The lowest BCUT2D eigenvalue weighted by Crippen LogP contribution is -1.89. The van der Waals surface area contributed by atoms with Gasteiger partial charge in [0.25, 0.3) is 0 Å². The number of aromatic nitrogens is 3. The fourth-order valence-corrected chi connectivity index (χ4v) is 3.70. The van der Waals surface area contributed by atoms with Gasteiger partial charge >= 0.3 is 0 Å². The van der Waals surface area contributed by atoms with Gasteiger partial charge in [-0.05, 0) is 36.8 Å². The lowest BCUT2D eigenvalue weighted by molar-refractivity contribution is 1.06. The molecule has 5 heteroatoms. The van der Waals surface area contributed by atoms with Crippen molar-refractivity contribution in [2.45, 2.75) is 6.92 Å². The van der Waals surface area contributed by atoms with Crippen LogP contribution >= 0.6 is 22.9 Å². The molecule has 3 nitrogen and oxygen atoms in total. The molecule has 0 aliphatic carbocycles. The first-order chi connectivity index (χ1) is 11.2. The summed E-state index contributed by atoms with van der Waals surface area (Å²) in [5, 5.41) is 10.8. The minimum atomic E-state index is 0.432. The van der Waals surface area contributed by atoms with Gasteiger partial charge in [-0.3, -0.25) is 4.98 Å². The Morgan fingerprint density at radius 2 is 1.70 bits per heavy atom. The van der Waals surface area contributed by atoms with E-state index in [2.05, 4.69) is 40.3 Å². The fraction of sp³-hybridized carbons (Fsp3) is 0.0556. The predicted molar refractivity (Wildman–Crippen MR) is 95.8 cm³/mol. The average molecular weight is 338 g/mol. The van der Waals surface area contributed by atoms with Crippen molar-refractivity contribution in [3.63, 3.8) is 0 Å². The molecule has 0 radical (unpaired) electrons. The number of fused-ring (bicyclic) bond motifs is 1. The van der Waals surface area contributed by atoms with Crippen molar-refractivity contribution < 1.29 is 0 Å². The quantitative estimate of drug-likeness (QED) is 0.492. The summed E-state index contributed by atoms with van der Waals surface area (Å²) in [5.74, 6) is 0. The van der Waals surface area contributed by atoms with Crippen LogP contribution in [0.1, 0.15) is 5.56 Å². The third-order valence-corrected chi connectivity index (χ3v) is 5.04. The lowest BCUT2D eigenvalue weighted by atomic mass is 10.1. The molecule has 0 unspecified atom stereocenters. The summed E-state index contributed by atoms with van der Waals surface area (Å²) in [4.78, 5) is 6.62. The second-order valence-electron chi connectivity index (χ2n) is 5.27. The van der Waals surface area contributed by atoms with Crippen LogP contribution in [0.4, 0.5) is 0 Å². The van der Waals surface area contributed by atoms with E-state index in [-0.39, 0.29) is 0 Å². The Bertz CT molecular complexity index is 1010. The van der Waals surface area contributed by atoms with E-state index in [1.54, 1.807) is 11.3 Å². The summed E-state index contributed by atoms with van der Waals surface area (Å²) in [6, 6.07) is 16.2. The SMILES string of the molecule is Cc1ccnc(-c2ccc(-c3nnc(Cl)c4ccccc34)s2)c1. The molecule has 0 aliphatic heterocycles. The van der Waals surface area contributed by atoms with Crippen LogP contribution in [0.25, 0.3) is 31.9 Å². The molecule has 0 saturated carbocycles. The highest BCUT2D eigenvalue weighted by Gasteiger charge is 2.12. The maximum absolute atomic E-state index is 6.15. The molecule has 112 valence electrons. The summed E-state index contributed by atoms with van der Waals surface area (Å²) in [6.07, 6.45) is 1.83. The number of hydrogen-bond donors (Lipinski definition) is 0. The molecule has 3 aromatic heterocycles. The summed E-state index contributed by atoms with van der Waals surface area (Å²) in [7, 11) is 0. The molecular weight excluding hydrogens is 326 g/mol. The number of hydrogen-bond acceptors (Lipinski definition) is 4. The van der Waals surface area contributed by atoms with Crippen molar-refractivity contribution in [1.29, 1.82) is 0 Å². The summed E-state index contributed by atoms with van der Waals surface area (Å²) in [5.41, 5.74) is 3.03. The van der Waals surface area contributed by atoms with Crippen molar-refractivity contribution in [3.8, 4) is 21.1 Å². The van der Waals surface area contributed by atoms with Gasteiger partial charge < -0.3 is 0 Å². The Kier molecular flexibility index (Phi) is 3.56. The molecule has 0 aliphatic rings. The minimum absolute atomic E-state index is 0.432. The van der Waals surface area contributed by atoms with Gasteiger partial charge in [-0.1, -0.05) is 35.9 Å². The molecule has 4 aromatic rings. The van der Waals surface area contributed by atoms with Crippen molar-refractivity contribution >= 4 is 33.7 Å². The van der Waals surface area contributed by atoms with Crippen LogP contribution in [0, 0.1) is 6.92 Å². The van der Waals surface area contributed by atoms with E-state index in [1.807, 2.05) is 36.5 Å². The molecule has 0 saturated heterocycles. The van der Waals surface area contributed by atoms with Gasteiger partial charge in [-0.25, -0.2) is 0 Å². The maximum atomic E-state index is 6.15. The zero-order valence-electron chi connectivity index (χ0n) is 12.3. The van der Waals surface area contributed by atoms with Gasteiger partial charge in [0.2, 0.25) is 0 Å². The second-order valence-corrected chi connectivity index (χ2v) is 6.71. The van der Waals surface area contributed by atoms with Crippen LogP contribution in [0.2, 0.25) is 5.15 Å². The summed E-state index contributed by atoms with van der Waals surface area (Å²) >= 11 is 7.82. The average Bonchev–Trinajstić information content (AvgIpc) is 3.05.